The van der Waals surface area contributed by atoms with Crippen LogP contribution in [-0.2, 0) is 36.8 Å². The number of aliphatic hydroxyl groups excluding tert-OH is 1. The molecule has 2 heterocycles. The minimum atomic E-state index is -1.16. The highest BCUT2D eigenvalue weighted by Gasteiger charge is 2.39. The molecule has 48 heavy (non-hydrogen) atoms. The number of fused-ring (bicyclic) bond motifs is 2. The standard InChI is InChI=1S/C17H17BO5.C10H11BO5.C7H8O.CH4/c1-11-7-13(19)8-14-17(11)15(23-18(14)21)9-16(20)22-10-12-5-3-2-4-6-12;1-5-2-6(12)3-7-10(5)8(4-9(13)14)16-11(7)15;8-6-7-4-2-1-3-5-7;/h2-8,15,19,21H,9-10H2,1H3;2-3,8,12,15H,4H2,1H3,(H,13,14);1-5,8H,6H2;1H4. The molecule has 4 aromatic rings. The number of carbonyl (C=O) groups excluding carboxylic acids is 1. The second kappa shape index (κ2) is 17.5. The van der Waals surface area contributed by atoms with Gasteiger partial charge in [0.05, 0.1) is 31.7 Å². The van der Waals surface area contributed by atoms with Crippen molar-refractivity contribution in [3.63, 3.8) is 0 Å². The molecule has 0 radical (unpaired) electrons. The Hall–Kier alpha value is -4.65. The molecule has 11 nitrogen and oxygen atoms in total. The SMILES string of the molecule is C.Cc1cc(O)cc2c1C(CC(=O)O)OB2O.Cc1cc(O)cc2c1C(CC(=O)OCc1ccccc1)OB2O.OCc1ccccc1. The Balaban J connectivity index is 0.000000216. The number of hydrogen-bond acceptors (Lipinski definition) is 10. The van der Waals surface area contributed by atoms with Crippen molar-refractivity contribution >= 4 is 37.1 Å². The summed E-state index contributed by atoms with van der Waals surface area (Å²) in [5.74, 6) is -1.28. The van der Waals surface area contributed by atoms with Crippen molar-refractivity contribution in [2.24, 2.45) is 0 Å². The molecule has 6 N–H and O–H groups in total. The topological polar surface area (TPSA) is 183 Å². The van der Waals surface area contributed by atoms with Gasteiger partial charge in [0.15, 0.2) is 0 Å². The van der Waals surface area contributed by atoms with E-state index in [1.807, 2.05) is 67.6 Å². The first-order chi connectivity index (χ1) is 22.5. The lowest BCUT2D eigenvalue weighted by Gasteiger charge is -2.14. The number of aryl methyl sites for hydroxylation is 2. The minimum absolute atomic E-state index is 0. The van der Waals surface area contributed by atoms with Crippen LogP contribution in [0, 0.1) is 13.8 Å². The fraction of sp³-hybridized carbons (Fsp3) is 0.257. The fourth-order valence-corrected chi connectivity index (χ4v) is 5.48. The number of esters is 1. The van der Waals surface area contributed by atoms with Gasteiger partial charge in [-0.1, -0.05) is 68.1 Å². The van der Waals surface area contributed by atoms with Crippen molar-refractivity contribution in [1.29, 1.82) is 0 Å². The third-order valence-electron chi connectivity index (χ3n) is 7.55. The third-order valence-corrected chi connectivity index (χ3v) is 7.55. The van der Waals surface area contributed by atoms with Gasteiger partial charge in [-0.25, -0.2) is 0 Å². The number of carbonyl (C=O) groups is 2. The van der Waals surface area contributed by atoms with Crippen LogP contribution in [0.5, 0.6) is 11.5 Å². The van der Waals surface area contributed by atoms with Gasteiger partial charge in [0.1, 0.15) is 18.1 Å². The third kappa shape index (κ3) is 9.93. The smallest absolute Gasteiger partial charge is 0.492 e. The van der Waals surface area contributed by atoms with Gasteiger partial charge < -0.3 is 44.5 Å². The van der Waals surface area contributed by atoms with Gasteiger partial charge in [-0.3, -0.25) is 9.59 Å². The maximum atomic E-state index is 12.0. The maximum Gasteiger partial charge on any atom is 0.492 e. The Bertz CT molecular complexity index is 1670. The molecule has 2 atom stereocenters. The zero-order valence-corrected chi connectivity index (χ0v) is 25.9. The summed E-state index contributed by atoms with van der Waals surface area (Å²) in [6, 6.07) is 24.9. The fourth-order valence-electron chi connectivity index (χ4n) is 5.48. The highest BCUT2D eigenvalue weighted by atomic mass is 16.5. The molecule has 6 rings (SSSR count). The molecule has 0 aliphatic carbocycles. The number of aliphatic carboxylic acids is 1. The molecule has 0 aromatic heterocycles. The molecular weight excluding hydrogens is 618 g/mol. The number of ether oxygens (including phenoxy) is 1. The van der Waals surface area contributed by atoms with Gasteiger partial charge in [0.2, 0.25) is 0 Å². The van der Waals surface area contributed by atoms with Gasteiger partial charge in [-0.15, -0.1) is 0 Å². The number of aromatic hydroxyl groups is 2. The van der Waals surface area contributed by atoms with Crippen LogP contribution < -0.4 is 10.9 Å². The van der Waals surface area contributed by atoms with Crippen LogP contribution in [0.15, 0.2) is 84.9 Å². The van der Waals surface area contributed by atoms with E-state index in [2.05, 4.69) is 0 Å². The molecule has 0 saturated carbocycles. The summed E-state index contributed by atoms with van der Waals surface area (Å²) < 4.78 is 15.8. The Kier molecular flexibility index (Phi) is 13.8. The first-order valence-corrected chi connectivity index (χ1v) is 14.9. The van der Waals surface area contributed by atoms with Gasteiger partial charge in [-0.05, 0) is 82.4 Å². The summed E-state index contributed by atoms with van der Waals surface area (Å²) in [5, 5.41) is 55.8. The number of carboxylic acids is 1. The van der Waals surface area contributed by atoms with E-state index in [-0.39, 0.29) is 45.0 Å². The van der Waals surface area contributed by atoms with E-state index in [1.165, 1.54) is 18.2 Å². The molecule has 0 spiro atoms. The van der Waals surface area contributed by atoms with E-state index in [0.717, 1.165) is 27.8 Å². The molecule has 2 aliphatic rings. The molecule has 0 bridgehead atoms. The molecule has 0 amide bonds. The highest BCUT2D eigenvalue weighted by Crippen LogP contribution is 2.32. The number of rotatable bonds is 7. The molecule has 2 unspecified atom stereocenters. The predicted molar refractivity (Wildman–Crippen MR) is 181 cm³/mol. The van der Waals surface area contributed by atoms with Crippen molar-refractivity contribution in [2.45, 2.75) is 59.5 Å². The number of carboxylic acid groups (broad SMARTS) is 1. The van der Waals surface area contributed by atoms with Crippen molar-refractivity contribution in [3.05, 3.63) is 118 Å². The van der Waals surface area contributed by atoms with E-state index in [0.29, 0.717) is 16.5 Å². The lowest BCUT2D eigenvalue weighted by Crippen LogP contribution is -2.28. The van der Waals surface area contributed by atoms with Crippen LogP contribution in [0.3, 0.4) is 0 Å². The van der Waals surface area contributed by atoms with Crippen molar-refractivity contribution < 1.29 is 54.1 Å². The first kappa shape index (κ1) is 37.8. The summed E-state index contributed by atoms with van der Waals surface area (Å²) in [6.07, 6.45) is -1.40. The molecule has 13 heteroatoms. The molecule has 252 valence electrons. The maximum absolute atomic E-state index is 12.0. The molecule has 4 aromatic carbocycles. The average Bonchev–Trinajstić information content (AvgIpc) is 3.51. The van der Waals surface area contributed by atoms with Crippen molar-refractivity contribution in [2.75, 3.05) is 0 Å². The monoisotopic (exact) mass is 658 g/mol. The van der Waals surface area contributed by atoms with Crippen LogP contribution in [0.4, 0.5) is 0 Å². The largest absolute Gasteiger partial charge is 0.508 e. The Morgan fingerprint density at radius 1 is 0.729 bits per heavy atom. The van der Waals surface area contributed by atoms with Crippen LogP contribution in [0.2, 0.25) is 0 Å². The molecular formula is C35H40B2O11. The Labute approximate surface area is 280 Å². The number of hydrogen-bond donors (Lipinski definition) is 6. The Morgan fingerprint density at radius 2 is 1.17 bits per heavy atom. The van der Waals surface area contributed by atoms with E-state index in [9.17, 15) is 29.9 Å². The Morgan fingerprint density at radius 3 is 1.58 bits per heavy atom. The van der Waals surface area contributed by atoms with Gasteiger partial charge >= 0.3 is 26.2 Å². The minimum Gasteiger partial charge on any atom is -0.508 e. The van der Waals surface area contributed by atoms with Crippen LogP contribution >= 0.6 is 0 Å². The second-order valence-electron chi connectivity index (χ2n) is 11.1. The summed E-state index contributed by atoms with van der Waals surface area (Å²) in [5.41, 5.74) is 5.73. The zero-order valence-electron chi connectivity index (χ0n) is 25.9. The lowest BCUT2D eigenvalue weighted by molar-refractivity contribution is -0.147. The van der Waals surface area contributed by atoms with Crippen LogP contribution in [-0.4, -0.2) is 56.6 Å². The van der Waals surface area contributed by atoms with Crippen molar-refractivity contribution in [3.8, 4) is 11.5 Å². The van der Waals surface area contributed by atoms with Gasteiger partial charge in [0, 0.05) is 0 Å². The summed E-state index contributed by atoms with van der Waals surface area (Å²) in [6.45, 7) is 3.90. The van der Waals surface area contributed by atoms with E-state index in [1.54, 1.807) is 13.0 Å². The predicted octanol–water partition coefficient (Wildman–Crippen LogP) is 3.34. The number of phenolic OH excluding ortho intramolecular Hbond substituents is 2. The molecule has 0 saturated heterocycles. The summed E-state index contributed by atoms with van der Waals surface area (Å²) >= 11 is 0. The quantitative estimate of drug-likeness (QED) is 0.127. The van der Waals surface area contributed by atoms with Gasteiger partial charge in [-0.2, -0.15) is 0 Å². The second-order valence-corrected chi connectivity index (χ2v) is 11.1. The lowest BCUT2D eigenvalue weighted by atomic mass is 9.77. The first-order valence-electron chi connectivity index (χ1n) is 14.9. The van der Waals surface area contributed by atoms with E-state index in [4.69, 9.17) is 24.3 Å². The average molecular weight is 658 g/mol. The van der Waals surface area contributed by atoms with Crippen LogP contribution in [0.1, 0.15) is 65.9 Å². The molecule has 0 fully saturated rings. The number of phenols is 2. The van der Waals surface area contributed by atoms with E-state index < -0.39 is 38.4 Å². The number of benzene rings is 4. The van der Waals surface area contributed by atoms with Crippen molar-refractivity contribution in [1.82, 2.24) is 0 Å². The van der Waals surface area contributed by atoms with Crippen LogP contribution in [0.25, 0.3) is 0 Å². The normalized spacial score (nSPS) is 15.5. The summed E-state index contributed by atoms with van der Waals surface area (Å²) in [7, 11) is -2.30. The summed E-state index contributed by atoms with van der Waals surface area (Å²) in [4.78, 5) is 22.7. The van der Waals surface area contributed by atoms with E-state index >= 15 is 0 Å². The zero-order chi connectivity index (χ0) is 34.1. The van der Waals surface area contributed by atoms with Gasteiger partial charge in [0.25, 0.3) is 0 Å². The number of aliphatic hydroxyl groups is 1. The highest BCUT2D eigenvalue weighted by molar-refractivity contribution is 6.62. The molecule has 2 aliphatic heterocycles.